The molecule has 0 bridgehead atoms. The van der Waals surface area contributed by atoms with Crippen molar-refractivity contribution in [3.8, 4) is 0 Å². The number of piperazine rings is 1. The van der Waals surface area contributed by atoms with Crippen LogP contribution in [0, 0.1) is 5.41 Å². The third kappa shape index (κ3) is 1.93. The summed E-state index contributed by atoms with van der Waals surface area (Å²) in [5, 5.41) is 0. The first kappa shape index (κ1) is 12.5. The SMILES string of the molecule is CCN1CCN(C(=O)[C@]2(C)CC2(Cl)Cl)CC1. The molecule has 0 aromatic rings. The van der Waals surface area contributed by atoms with Crippen molar-refractivity contribution in [2.75, 3.05) is 32.7 Å². The van der Waals surface area contributed by atoms with Crippen molar-refractivity contribution in [1.82, 2.24) is 9.80 Å². The third-order valence-electron chi connectivity index (χ3n) is 3.84. The maximum absolute atomic E-state index is 12.2. The fourth-order valence-corrected chi connectivity index (χ4v) is 2.94. The van der Waals surface area contributed by atoms with Crippen LogP contribution in [0.1, 0.15) is 20.3 Å². The lowest BCUT2D eigenvalue weighted by Gasteiger charge is -2.35. The van der Waals surface area contributed by atoms with Crippen molar-refractivity contribution in [1.29, 1.82) is 0 Å². The Bertz CT molecular complexity index is 300. The van der Waals surface area contributed by atoms with Gasteiger partial charge in [-0.3, -0.25) is 4.79 Å². The van der Waals surface area contributed by atoms with Gasteiger partial charge in [0.2, 0.25) is 5.91 Å². The molecule has 2 rings (SSSR count). The highest BCUT2D eigenvalue weighted by Crippen LogP contribution is 2.64. The Balaban J connectivity index is 1.93. The lowest BCUT2D eigenvalue weighted by atomic mass is 10.1. The van der Waals surface area contributed by atoms with Crippen molar-refractivity contribution in [3.63, 3.8) is 0 Å². The zero-order chi connectivity index (χ0) is 12.0. The monoisotopic (exact) mass is 264 g/mol. The van der Waals surface area contributed by atoms with E-state index >= 15 is 0 Å². The summed E-state index contributed by atoms with van der Waals surface area (Å²) in [4.78, 5) is 16.5. The number of alkyl halides is 2. The normalized spacial score (nSPS) is 33.9. The fourth-order valence-electron chi connectivity index (χ4n) is 2.25. The van der Waals surface area contributed by atoms with Crippen LogP contribution >= 0.6 is 23.2 Å². The number of carbonyl (C=O) groups is 1. The Kier molecular flexibility index (Phi) is 3.15. The summed E-state index contributed by atoms with van der Waals surface area (Å²) < 4.78 is -0.841. The van der Waals surface area contributed by atoms with Gasteiger partial charge in [0.25, 0.3) is 0 Å². The number of nitrogens with zero attached hydrogens (tertiary/aromatic N) is 2. The Morgan fingerprint density at radius 2 is 1.75 bits per heavy atom. The second-order valence-corrected chi connectivity index (χ2v) is 6.42. The molecule has 2 aliphatic rings. The second kappa shape index (κ2) is 4.04. The van der Waals surface area contributed by atoms with Crippen molar-refractivity contribution in [3.05, 3.63) is 0 Å². The summed E-state index contributed by atoms with van der Waals surface area (Å²) in [7, 11) is 0. The van der Waals surface area contributed by atoms with E-state index in [1.165, 1.54) is 0 Å². The zero-order valence-corrected chi connectivity index (χ0v) is 11.3. The third-order valence-corrected chi connectivity index (χ3v) is 4.94. The minimum absolute atomic E-state index is 0.119. The first-order valence-electron chi connectivity index (χ1n) is 5.80. The van der Waals surface area contributed by atoms with E-state index in [0.717, 1.165) is 32.7 Å². The molecular formula is C11H18Cl2N2O. The maximum atomic E-state index is 12.2. The summed E-state index contributed by atoms with van der Waals surface area (Å²) in [6.45, 7) is 8.56. The van der Waals surface area contributed by atoms with Crippen LogP contribution in [0.2, 0.25) is 0 Å². The number of hydrogen-bond donors (Lipinski definition) is 0. The molecule has 1 aliphatic heterocycles. The molecule has 3 nitrogen and oxygen atoms in total. The van der Waals surface area contributed by atoms with Gasteiger partial charge in [-0.25, -0.2) is 0 Å². The van der Waals surface area contributed by atoms with Crippen LogP contribution in [0.5, 0.6) is 0 Å². The molecule has 0 radical (unpaired) electrons. The standard InChI is InChI=1S/C11H18Cl2N2O/c1-3-14-4-6-15(7-5-14)9(16)10(2)8-11(10,12)13/h3-8H2,1-2H3/t10-/m0/s1. The number of amides is 1. The molecule has 0 spiro atoms. The zero-order valence-electron chi connectivity index (χ0n) is 9.80. The smallest absolute Gasteiger partial charge is 0.231 e. The highest BCUT2D eigenvalue weighted by atomic mass is 35.5. The molecule has 0 unspecified atom stereocenters. The number of carbonyl (C=O) groups excluding carboxylic acids is 1. The topological polar surface area (TPSA) is 23.6 Å². The van der Waals surface area contributed by atoms with Gasteiger partial charge in [0, 0.05) is 26.2 Å². The number of likely N-dealkylation sites (N-methyl/N-ethyl adjacent to an activating group) is 1. The van der Waals surface area contributed by atoms with Crippen LogP contribution in [0.25, 0.3) is 0 Å². The van der Waals surface area contributed by atoms with Gasteiger partial charge in [-0.05, 0) is 19.9 Å². The average Bonchev–Trinajstić information content (AvgIpc) is 2.79. The fraction of sp³-hybridized carbons (Fsp3) is 0.909. The van der Waals surface area contributed by atoms with Crippen LogP contribution in [0.3, 0.4) is 0 Å². The average molecular weight is 265 g/mol. The Hall–Kier alpha value is 0.01000. The Morgan fingerprint density at radius 1 is 1.25 bits per heavy atom. The molecule has 1 atom stereocenters. The van der Waals surface area contributed by atoms with E-state index in [1.807, 2.05) is 11.8 Å². The van der Waals surface area contributed by atoms with Gasteiger partial charge in [-0.2, -0.15) is 0 Å². The minimum Gasteiger partial charge on any atom is -0.340 e. The highest BCUT2D eigenvalue weighted by molar-refractivity contribution is 6.53. The number of halogens is 2. The first-order chi connectivity index (χ1) is 7.40. The molecule has 16 heavy (non-hydrogen) atoms. The Labute approximate surface area is 107 Å². The van der Waals surface area contributed by atoms with Crippen LogP contribution in [0.4, 0.5) is 0 Å². The van der Waals surface area contributed by atoms with Gasteiger partial charge in [0.05, 0.1) is 5.41 Å². The van der Waals surface area contributed by atoms with Gasteiger partial charge in [-0.1, -0.05) is 6.92 Å². The van der Waals surface area contributed by atoms with Crippen LogP contribution in [-0.4, -0.2) is 52.8 Å². The minimum atomic E-state index is -0.841. The lowest BCUT2D eigenvalue weighted by Crippen LogP contribution is -2.50. The molecule has 2 fully saturated rings. The van der Waals surface area contributed by atoms with E-state index in [9.17, 15) is 4.79 Å². The highest BCUT2D eigenvalue weighted by Gasteiger charge is 2.68. The van der Waals surface area contributed by atoms with Gasteiger partial charge in [-0.15, -0.1) is 23.2 Å². The predicted octanol–water partition coefficient (Wildman–Crippen LogP) is 1.73. The molecular weight excluding hydrogens is 247 g/mol. The Morgan fingerprint density at radius 3 is 2.12 bits per heavy atom. The van der Waals surface area contributed by atoms with Crippen LogP contribution in [-0.2, 0) is 4.79 Å². The molecule has 1 heterocycles. The largest absolute Gasteiger partial charge is 0.340 e. The number of hydrogen-bond acceptors (Lipinski definition) is 2. The van der Waals surface area contributed by atoms with Crippen molar-refractivity contribution in [2.24, 2.45) is 5.41 Å². The predicted molar refractivity (Wildman–Crippen MR) is 65.9 cm³/mol. The van der Waals surface area contributed by atoms with Crippen LogP contribution < -0.4 is 0 Å². The molecule has 0 aromatic heterocycles. The van der Waals surface area contributed by atoms with Gasteiger partial charge >= 0.3 is 0 Å². The van der Waals surface area contributed by atoms with Gasteiger partial charge < -0.3 is 9.80 Å². The molecule has 1 saturated carbocycles. The van der Waals surface area contributed by atoms with E-state index in [-0.39, 0.29) is 5.91 Å². The van der Waals surface area contributed by atoms with Crippen molar-refractivity contribution >= 4 is 29.1 Å². The van der Waals surface area contributed by atoms with Gasteiger partial charge in [0.1, 0.15) is 4.33 Å². The molecule has 0 aromatic carbocycles. The van der Waals surface area contributed by atoms with Gasteiger partial charge in [0.15, 0.2) is 0 Å². The molecule has 92 valence electrons. The summed E-state index contributed by atoms with van der Waals surface area (Å²) in [6, 6.07) is 0. The molecule has 5 heteroatoms. The van der Waals surface area contributed by atoms with E-state index < -0.39 is 9.75 Å². The van der Waals surface area contributed by atoms with Crippen LogP contribution in [0.15, 0.2) is 0 Å². The first-order valence-corrected chi connectivity index (χ1v) is 6.56. The summed E-state index contributed by atoms with van der Waals surface area (Å²) >= 11 is 12.1. The van der Waals surface area contributed by atoms with E-state index in [0.29, 0.717) is 6.42 Å². The van der Waals surface area contributed by atoms with E-state index in [2.05, 4.69) is 11.8 Å². The molecule has 1 aliphatic carbocycles. The maximum Gasteiger partial charge on any atom is 0.231 e. The summed E-state index contributed by atoms with van der Waals surface area (Å²) in [5.41, 5.74) is -0.551. The van der Waals surface area contributed by atoms with Crippen molar-refractivity contribution < 1.29 is 4.79 Å². The molecule has 1 amide bonds. The van der Waals surface area contributed by atoms with Crippen molar-refractivity contribution in [2.45, 2.75) is 24.6 Å². The summed E-state index contributed by atoms with van der Waals surface area (Å²) in [6.07, 6.45) is 0.579. The molecule has 0 N–H and O–H groups in total. The second-order valence-electron chi connectivity index (χ2n) is 4.94. The van der Waals surface area contributed by atoms with E-state index in [4.69, 9.17) is 23.2 Å². The quantitative estimate of drug-likeness (QED) is 0.710. The number of rotatable bonds is 2. The lowest BCUT2D eigenvalue weighted by molar-refractivity contribution is -0.138. The summed E-state index contributed by atoms with van der Waals surface area (Å²) in [5.74, 6) is 0.119. The van der Waals surface area contributed by atoms with E-state index in [1.54, 1.807) is 0 Å². The molecule has 1 saturated heterocycles.